The second-order valence-electron chi connectivity index (χ2n) is 2.92. The zero-order valence-corrected chi connectivity index (χ0v) is 13.3. The molecule has 1 aromatic carbocycles. The van der Waals surface area contributed by atoms with E-state index in [0.717, 1.165) is 0 Å². The molecule has 0 aliphatic rings. The van der Waals surface area contributed by atoms with E-state index in [1.165, 1.54) is 20.5 Å². The van der Waals surface area contributed by atoms with Crippen molar-refractivity contribution in [1.82, 2.24) is 9.97 Å². The molecule has 1 aromatic heterocycles. The Morgan fingerprint density at radius 1 is 1.06 bits per heavy atom. The van der Waals surface area contributed by atoms with E-state index >= 15 is 0 Å². The molecule has 0 aliphatic heterocycles. The SMILES string of the molecule is COc1cc2ncnc(O)c2cc1OC.C[NH-].[Y]. The number of ether oxygens (including phenoxy) is 2. The van der Waals surface area contributed by atoms with E-state index in [0.29, 0.717) is 22.4 Å². The van der Waals surface area contributed by atoms with Crippen molar-refractivity contribution in [2.24, 2.45) is 0 Å². The third kappa shape index (κ3) is 3.51. The molecule has 0 amide bonds. The van der Waals surface area contributed by atoms with E-state index in [2.05, 4.69) is 9.97 Å². The summed E-state index contributed by atoms with van der Waals surface area (Å²) in [6.45, 7) is 0. The van der Waals surface area contributed by atoms with Crippen LogP contribution in [0, 0.1) is 0 Å². The molecule has 0 unspecified atom stereocenters. The van der Waals surface area contributed by atoms with E-state index in [1.807, 2.05) is 0 Å². The summed E-state index contributed by atoms with van der Waals surface area (Å²) >= 11 is 0. The molecule has 6 nitrogen and oxygen atoms in total. The molecule has 0 atom stereocenters. The van der Waals surface area contributed by atoms with Crippen molar-refractivity contribution in [1.29, 1.82) is 0 Å². The number of nitrogens with zero attached hydrogens (tertiary/aromatic N) is 2. The maximum absolute atomic E-state index is 9.51. The van der Waals surface area contributed by atoms with Crippen molar-refractivity contribution in [3.63, 3.8) is 0 Å². The van der Waals surface area contributed by atoms with Crippen LogP contribution in [0.1, 0.15) is 0 Å². The number of methoxy groups -OCH3 is 2. The third-order valence-corrected chi connectivity index (χ3v) is 2.12. The van der Waals surface area contributed by atoms with Crippen molar-refractivity contribution < 1.29 is 47.3 Å². The quantitative estimate of drug-likeness (QED) is 0.912. The van der Waals surface area contributed by atoms with Crippen LogP contribution in [-0.2, 0) is 32.7 Å². The van der Waals surface area contributed by atoms with Gasteiger partial charge in [0, 0.05) is 38.8 Å². The van der Waals surface area contributed by atoms with Crippen LogP contribution in [0.25, 0.3) is 16.6 Å². The minimum Gasteiger partial charge on any atom is -0.680 e. The standard InChI is InChI=1S/C10H10N2O3.CH4N.Y/c1-14-8-3-6-7(4-9(8)15-2)11-5-12-10(6)13;1-2;/h3-5H,1-2H3,(H,11,12,13);2H,1H3;/q;-1;. The summed E-state index contributed by atoms with van der Waals surface area (Å²) < 4.78 is 10.2. The van der Waals surface area contributed by atoms with Gasteiger partial charge < -0.3 is 20.3 Å². The van der Waals surface area contributed by atoms with Crippen LogP contribution in [0.5, 0.6) is 17.4 Å². The summed E-state index contributed by atoms with van der Waals surface area (Å²) in [5.74, 6) is 1.04. The number of aromatic hydroxyl groups is 1. The van der Waals surface area contributed by atoms with E-state index < -0.39 is 0 Å². The Balaban J connectivity index is 0.000000917. The zero-order valence-electron chi connectivity index (χ0n) is 10.5. The van der Waals surface area contributed by atoms with Crippen molar-refractivity contribution >= 4 is 10.9 Å². The second kappa shape index (κ2) is 8.18. The molecule has 0 saturated carbocycles. The van der Waals surface area contributed by atoms with Gasteiger partial charge in [-0.05, 0) is 6.07 Å². The van der Waals surface area contributed by atoms with Gasteiger partial charge in [0.15, 0.2) is 11.5 Å². The van der Waals surface area contributed by atoms with Crippen LogP contribution in [0.15, 0.2) is 18.5 Å². The molecular formula is C11H14N3O3Y-. The molecule has 18 heavy (non-hydrogen) atoms. The average Bonchev–Trinajstić information content (AvgIpc) is 2.40. The van der Waals surface area contributed by atoms with Crippen LogP contribution in [0.2, 0.25) is 0 Å². The Morgan fingerprint density at radius 2 is 1.61 bits per heavy atom. The first kappa shape index (κ1) is 17.0. The molecule has 1 heterocycles. The minimum atomic E-state index is -0.0686. The Bertz CT molecular complexity index is 508. The van der Waals surface area contributed by atoms with E-state index in [-0.39, 0.29) is 38.6 Å². The topological polar surface area (TPSA) is 88.3 Å². The third-order valence-electron chi connectivity index (χ3n) is 2.12. The predicted molar refractivity (Wildman–Crippen MR) is 64.6 cm³/mol. The smallest absolute Gasteiger partial charge is 0.222 e. The second-order valence-corrected chi connectivity index (χ2v) is 2.92. The minimum absolute atomic E-state index is 0. The molecule has 0 aliphatic carbocycles. The van der Waals surface area contributed by atoms with Gasteiger partial charge in [0.1, 0.15) is 6.33 Å². The molecule has 2 rings (SSSR count). The average molecular weight is 325 g/mol. The predicted octanol–water partition coefficient (Wildman–Crippen LogP) is 2.02. The maximum atomic E-state index is 9.51. The van der Waals surface area contributed by atoms with E-state index in [4.69, 9.17) is 15.2 Å². The monoisotopic (exact) mass is 325 g/mol. The van der Waals surface area contributed by atoms with Crippen molar-refractivity contribution in [3.05, 3.63) is 24.2 Å². The van der Waals surface area contributed by atoms with Crippen molar-refractivity contribution in [2.45, 2.75) is 0 Å². The van der Waals surface area contributed by atoms with Gasteiger partial charge in [-0.2, -0.15) is 7.05 Å². The van der Waals surface area contributed by atoms with Gasteiger partial charge >= 0.3 is 0 Å². The van der Waals surface area contributed by atoms with Crippen LogP contribution in [-0.4, -0.2) is 36.3 Å². The molecule has 0 bridgehead atoms. The summed E-state index contributed by atoms with van der Waals surface area (Å²) in [7, 11) is 4.33. The first-order valence-corrected chi connectivity index (χ1v) is 4.82. The fourth-order valence-corrected chi connectivity index (χ4v) is 1.37. The summed E-state index contributed by atoms with van der Waals surface area (Å²) in [4.78, 5) is 7.71. The number of aromatic nitrogens is 2. The normalized spacial score (nSPS) is 8.89. The molecule has 2 N–H and O–H groups in total. The van der Waals surface area contributed by atoms with Gasteiger partial charge in [-0.15, -0.1) is 0 Å². The summed E-state index contributed by atoms with van der Waals surface area (Å²) in [5, 5.41) is 10.0. The van der Waals surface area contributed by atoms with Crippen molar-refractivity contribution in [2.75, 3.05) is 21.3 Å². The Kier molecular flexibility index (Phi) is 7.74. The number of fused-ring (bicyclic) bond motifs is 1. The molecule has 7 heteroatoms. The molecular weight excluding hydrogens is 311 g/mol. The fourth-order valence-electron chi connectivity index (χ4n) is 1.37. The van der Waals surface area contributed by atoms with Crippen LogP contribution < -0.4 is 9.47 Å². The summed E-state index contributed by atoms with van der Waals surface area (Å²) in [5.41, 5.74) is 6.36. The van der Waals surface area contributed by atoms with Gasteiger partial charge in [0.05, 0.1) is 25.1 Å². The largest absolute Gasteiger partial charge is 0.680 e. The summed E-state index contributed by atoms with van der Waals surface area (Å²) in [6.07, 6.45) is 1.30. The number of rotatable bonds is 2. The number of benzene rings is 1. The maximum Gasteiger partial charge on any atom is 0.222 e. The molecule has 0 saturated heterocycles. The van der Waals surface area contributed by atoms with Crippen LogP contribution in [0.3, 0.4) is 0 Å². The first-order valence-electron chi connectivity index (χ1n) is 4.82. The van der Waals surface area contributed by atoms with Gasteiger partial charge in [-0.25, -0.2) is 9.97 Å². The fraction of sp³-hybridized carbons (Fsp3) is 0.273. The summed E-state index contributed by atoms with van der Waals surface area (Å²) in [6, 6.07) is 3.33. The van der Waals surface area contributed by atoms with Gasteiger partial charge in [0.25, 0.3) is 0 Å². The Morgan fingerprint density at radius 3 is 2.17 bits per heavy atom. The molecule has 2 aromatic rings. The number of hydrogen-bond donors (Lipinski definition) is 1. The Hall–Kier alpha value is -0.976. The number of hydrogen-bond acceptors (Lipinski definition) is 5. The van der Waals surface area contributed by atoms with Gasteiger partial charge in [-0.1, -0.05) is 0 Å². The first-order chi connectivity index (χ1) is 8.26. The van der Waals surface area contributed by atoms with Crippen molar-refractivity contribution in [3.8, 4) is 17.4 Å². The molecule has 0 fully saturated rings. The van der Waals surface area contributed by atoms with Gasteiger partial charge in [-0.3, -0.25) is 0 Å². The Labute approximate surface area is 130 Å². The molecule has 0 spiro atoms. The van der Waals surface area contributed by atoms with E-state index in [9.17, 15) is 5.11 Å². The van der Waals surface area contributed by atoms with Crippen LogP contribution in [0.4, 0.5) is 0 Å². The zero-order chi connectivity index (χ0) is 12.8. The number of nitrogens with one attached hydrogen (secondary N) is 1. The molecule has 95 valence electrons. The van der Waals surface area contributed by atoms with E-state index in [1.54, 1.807) is 19.2 Å². The van der Waals surface area contributed by atoms with Crippen LogP contribution >= 0.6 is 0 Å². The van der Waals surface area contributed by atoms with Gasteiger partial charge in [0.2, 0.25) is 5.88 Å². The molecule has 1 radical (unpaired) electrons.